The molecule has 0 spiro atoms. The Balaban J connectivity index is 2.32. The molecule has 0 radical (unpaired) electrons. The molecule has 1 unspecified atom stereocenters. The summed E-state index contributed by atoms with van der Waals surface area (Å²) in [7, 11) is 0. The first-order valence-electron chi connectivity index (χ1n) is 5.29. The second-order valence-electron chi connectivity index (χ2n) is 3.67. The monoisotopic (exact) mass is 315 g/mol. The Bertz CT molecular complexity index is 547. The van der Waals surface area contributed by atoms with Crippen LogP contribution in [0.15, 0.2) is 27.2 Å². The zero-order valence-electron chi connectivity index (χ0n) is 9.31. The Morgan fingerprint density at radius 2 is 2.28 bits per heavy atom. The lowest BCUT2D eigenvalue weighted by Gasteiger charge is -2.01. The van der Waals surface area contributed by atoms with E-state index in [9.17, 15) is 9.50 Å². The van der Waals surface area contributed by atoms with Crippen molar-refractivity contribution in [1.82, 2.24) is 10.1 Å². The number of nitrogens with two attached hydrogens (primary N) is 1. The third kappa shape index (κ3) is 2.74. The van der Waals surface area contributed by atoms with Crippen LogP contribution in [0.25, 0.3) is 11.4 Å². The van der Waals surface area contributed by atoms with Crippen LogP contribution in [-0.4, -0.2) is 21.8 Å². The van der Waals surface area contributed by atoms with Crippen molar-refractivity contribution in [3.8, 4) is 11.4 Å². The van der Waals surface area contributed by atoms with Crippen LogP contribution >= 0.6 is 15.9 Å². The Hall–Kier alpha value is -1.31. The molecule has 0 saturated heterocycles. The van der Waals surface area contributed by atoms with Crippen molar-refractivity contribution in [3.63, 3.8) is 0 Å². The summed E-state index contributed by atoms with van der Waals surface area (Å²) < 4.78 is 18.7. The Kier molecular flexibility index (Phi) is 4.05. The topological polar surface area (TPSA) is 85.2 Å². The summed E-state index contributed by atoms with van der Waals surface area (Å²) in [6.07, 6.45) is -0.574. The third-order valence-corrected chi connectivity index (χ3v) is 3.03. The molecule has 1 aromatic heterocycles. The number of rotatable bonds is 4. The summed E-state index contributed by atoms with van der Waals surface area (Å²) in [5.74, 6) is -0.110. The van der Waals surface area contributed by atoms with Crippen molar-refractivity contribution < 1.29 is 14.0 Å². The molecule has 5 nitrogen and oxygen atoms in total. The molecule has 7 heteroatoms. The van der Waals surface area contributed by atoms with Crippen LogP contribution in [0.2, 0.25) is 0 Å². The van der Waals surface area contributed by atoms with Gasteiger partial charge in [0.1, 0.15) is 11.9 Å². The van der Waals surface area contributed by atoms with Crippen LogP contribution in [0.3, 0.4) is 0 Å². The summed E-state index contributed by atoms with van der Waals surface area (Å²) in [5.41, 5.74) is 5.78. The van der Waals surface area contributed by atoms with Crippen molar-refractivity contribution in [3.05, 3.63) is 34.4 Å². The lowest BCUT2D eigenvalue weighted by molar-refractivity contribution is 0.127. The first kappa shape index (κ1) is 13.1. The zero-order chi connectivity index (χ0) is 13.1. The maximum Gasteiger partial charge on any atom is 0.255 e. The fraction of sp³-hybridized carbons (Fsp3) is 0.273. The van der Waals surface area contributed by atoms with Gasteiger partial charge in [0, 0.05) is 10.0 Å². The van der Waals surface area contributed by atoms with Gasteiger partial charge in [-0.05, 0) is 31.2 Å². The third-order valence-electron chi connectivity index (χ3n) is 2.34. The Labute approximate surface area is 111 Å². The van der Waals surface area contributed by atoms with Gasteiger partial charge in [-0.2, -0.15) is 4.98 Å². The van der Waals surface area contributed by atoms with Crippen LogP contribution < -0.4 is 5.73 Å². The standard InChI is InChI=1S/C11H11BrFN3O2/c12-8-2-1-6(13)5-7(8)10-15-11(18-16-10)9(17)3-4-14/h1-2,5,9,17H,3-4,14H2. The second-order valence-corrected chi connectivity index (χ2v) is 4.53. The number of benzene rings is 1. The molecule has 3 N–H and O–H groups in total. The molecule has 0 amide bonds. The second kappa shape index (κ2) is 5.55. The number of aromatic nitrogens is 2. The molecule has 2 aromatic rings. The van der Waals surface area contributed by atoms with E-state index in [1.165, 1.54) is 12.1 Å². The molecule has 0 saturated carbocycles. The van der Waals surface area contributed by atoms with Crippen LogP contribution in [0.1, 0.15) is 18.4 Å². The van der Waals surface area contributed by atoms with Crippen molar-refractivity contribution in [2.45, 2.75) is 12.5 Å². The highest BCUT2D eigenvalue weighted by molar-refractivity contribution is 9.10. The van der Waals surface area contributed by atoms with Gasteiger partial charge in [-0.1, -0.05) is 21.1 Å². The van der Waals surface area contributed by atoms with Gasteiger partial charge in [0.2, 0.25) is 5.82 Å². The quantitative estimate of drug-likeness (QED) is 0.901. The van der Waals surface area contributed by atoms with E-state index in [1.807, 2.05) is 0 Å². The molecule has 18 heavy (non-hydrogen) atoms. The average Bonchev–Trinajstić information content (AvgIpc) is 2.82. The van der Waals surface area contributed by atoms with E-state index < -0.39 is 11.9 Å². The number of hydrogen-bond acceptors (Lipinski definition) is 5. The molecule has 96 valence electrons. The molecule has 2 rings (SSSR count). The molecule has 1 heterocycles. The summed E-state index contributed by atoms with van der Waals surface area (Å²) >= 11 is 3.27. The molecular formula is C11H11BrFN3O2. The van der Waals surface area contributed by atoms with Gasteiger partial charge in [-0.15, -0.1) is 0 Å². The number of halogens is 2. The van der Waals surface area contributed by atoms with E-state index in [2.05, 4.69) is 26.1 Å². The van der Waals surface area contributed by atoms with Gasteiger partial charge >= 0.3 is 0 Å². The van der Waals surface area contributed by atoms with E-state index in [0.717, 1.165) is 0 Å². The largest absolute Gasteiger partial charge is 0.383 e. The van der Waals surface area contributed by atoms with Gasteiger partial charge in [0.05, 0.1) is 0 Å². The molecule has 0 aliphatic rings. The summed E-state index contributed by atoms with van der Waals surface area (Å²) in [5, 5.41) is 13.4. The molecule has 0 fully saturated rings. The normalized spacial score (nSPS) is 12.7. The maximum atomic E-state index is 13.1. The van der Waals surface area contributed by atoms with E-state index >= 15 is 0 Å². The van der Waals surface area contributed by atoms with Crippen LogP contribution in [-0.2, 0) is 0 Å². The predicted octanol–water partition coefficient (Wildman–Crippen LogP) is 2.02. The lowest BCUT2D eigenvalue weighted by Crippen LogP contribution is -2.06. The van der Waals surface area contributed by atoms with Crippen molar-refractivity contribution in [2.75, 3.05) is 6.54 Å². The van der Waals surface area contributed by atoms with Crippen LogP contribution in [0, 0.1) is 5.82 Å². The summed E-state index contributed by atoms with van der Waals surface area (Å²) in [4.78, 5) is 4.02. The van der Waals surface area contributed by atoms with E-state index in [0.29, 0.717) is 23.0 Å². The smallest absolute Gasteiger partial charge is 0.255 e. The predicted molar refractivity (Wildman–Crippen MR) is 66.0 cm³/mol. The van der Waals surface area contributed by atoms with Crippen molar-refractivity contribution in [2.24, 2.45) is 5.73 Å². The van der Waals surface area contributed by atoms with E-state index in [4.69, 9.17) is 10.3 Å². The molecule has 1 aromatic carbocycles. The molecule has 0 aliphatic carbocycles. The average molecular weight is 316 g/mol. The first-order chi connectivity index (χ1) is 8.61. The highest BCUT2D eigenvalue weighted by Crippen LogP contribution is 2.27. The first-order valence-corrected chi connectivity index (χ1v) is 6.08. The molecule has 0 aliphatic heterocycles. The van der Waals surface area contributed by atoms with E-state index in [-0.39, 0.29) is 11.7 Å². The summed E-state index contributed by atoms with van der Waals surface area (Å²) in [6.45, 7) is 0.308. The highest BCUT2D eigenvalue weighted by Gasteiger charge is 2.17. The van der Waals surface area contributed by atoms with Crippen LogP contribution in [0.4, 0.5) is 4.39 Å². The SMILES string of the molecule is NCCC(O)c1nc(-c2cc(F)ccc2Br)no1. The molecule has 0 bridgehead atoms. The minimum absolute atomic E-state index is 0.0756. The summed E-state index contributed by atoms with van der Waals surface area (Å²) in [6, 6.07) is 4.16. The van der Waals surface area contributed by atoms with E-state index in [1.54, 1.807) is 6.07 Å². The van der Waals surface area contributed by atoms with Crippen LogP contribution in [0.5, 0.6) is 0 Å². The highest BCUT2D eigenvalue weighted by atomic mass is 79.9. The number of hydrogen-bond donors (Lipinski definition) is 2. The van der Waals surface area contributed by atoms with Gasteiger partial charge in [0.15, 0.2) is 0 Å². The van der Waals surface area contributed by atoms with Gasteiger partial charge in [-0.3, -0.25) is 0 Å². The zero-order valence-corrected chi connectivity index (χ0v) is 10.9. The van der Waals surface area contributed by atoms with Gasteiger partial charge in [0.25, 0.3) is 5.89 Å². The van der Waals surface area contributed by atoms with Crippen molar-refractivity contribution >= 4 is 15.9 Å². The fourth-order valence-corrected chi connectivity index (χ4v) is 1.85. The molecule has 1 atom stereocenters. The number of nitrogens with zero attached hydrogens (tertiary/aromatic N) is 2. The molecular weight excluding hydrogens is 305 g/mol. The van der Waals surface area contributed by atoms with Crippen molar-refractivity contribution in [1.29, 1.82) is 0 Å². The minimum Gasteiger partial charge on any atom is -0.383 e. The number of aliphatic hydroxyl groups excluding tert-OH is 1. The fourth-order valence-electron chi connectivity index (χ4n) is 1.43. The Morgan fingerprint density at radius 1 is 1.50 bits per heavy atom. The van der Waals surface area contributed by atoms with Gasteiger partial charge in [-0.25, -0.2) is 4.39 Å². The number of aliphatic hydroxyl groups is 1. The lowest BCUT2D eigenvalue weighted by atomic mass is 10.2. The maximum absolute atomic E-state index is 13.1. The minimum atomic E-state index is -0.899. The van der Waals surface area contributed by atoms with Gasteiger partial charge < -0.3 is 15.4 Å². The Morgan fingerprint density at radius 3 is 3.00 bits per heavy atom.